The number of carbonyl (C=O) groups is 1. The summed E-state index contributed by atoms with van der Waals surface area (Å²) in [5, 5.41) is 2.37. The third kappa shape index (κ3) is 5.38. The van der Waals surface area contributed by atoms with Gasteiger partial charge in [-0.3, -0.25) is 4.79 Å². The third-order valence-corrected chi connectivity index (χ3v) is 7.19. The Kier molecular flexibility index (Phi) is 6.81. The standard InChI is InChI=1S/C24H22F3N5O3S/c1-15-3-5-18(6-4-15)36(34,35)32-12-9-20-19(8-11-29-22(20)32)21-28-10-7-17(31-21)13-16(2)23(33)30-14-24(25,26)27/h3-12,16H,13-14H2,1-2H3,(H,30,33)/t16-/m1/s1. The van der Waals surface area contributed by atoms with E-state index in [9.17, 15) is 26.4 Å². The Balaban J connectivity index is 1.63. The van der Waals surface area contributed by atoms with Crippen molar-refractivity contribution < 1.29 is 26.4 Å². The SMILES string of the molecule is Cc1ccc(S(=O)(=O)n2ccc3c(-c4nccc(C[C@@H](C)C(=O)NCC(F)(F)F)n4)ccnc32)cc1. The monoisotopic (exact) mass is 517 g/mol. The van der Waals surface area contributed by atoms with Crippen molar-refractivity contribution in [3.63, 3.8) is 0 Å². The van der Waals surface area contributed by atoms with Crippen LogP contribution in [0, 0.1) is 12.8 Å². The van der Waals surface area contributed by atoms with Crippen molar-refractivity contribution in [3.8, 4) is 11.4 Å². The first-order chi connectivity index (χ1) is 17.0. The van der Waals surface area contributed by atoms with E-state index in [1.54, 1.807) is 30.3 Å². The molecule has 0 aliphatic carbocycles. The van der Waals surface area contributed by atoms with Crippen molar-refractivity contribution in [3.05, 3.63) is 72.3 Å². The van der Waals surface area contributed by atoms with Crippen LogP contribution < -0.4 is 5.32 Å². The highest BCUT2D eigenvalue weighted by Crippen LogP contribution is 2.28. The fraction of sp³-hybridized carbons (Fsp3) is 0.250. The Morgan fingerprint density at radius 1 is 1.06 bits per heavy atom. The van der Waals surface area contributed by atoms with Crippen LogP contribution in [0.3, 0.4) is 0 Å². The van der Waals surface area contributed by atoms with Gasteiger partial charge in [0, 0.05) is 47.6 Å². The van der Waals surface area contributed by atoms with E-state index >= 15 is 0 Å². The quantitative estimate of drug-likeness (QED) is 0.399. The lowest BCUT2D eigenvalue weighted by atomic mass is 10.0. The first-order valence-corrected chi connectivity index (χ1v) is 12.3. The van der Waals surface area contributed by atoms with Crippen LogP contribution in [0.5, 0.6) is 0 Å². The molecule has 12 heteroatoms. The molecule has 36 heavy (non-hydrogen) atoms. The van der Waals surface area contributed by atoms with Gasteiger partial charge in [-0.25, -0.2) is 27.3 Å². The normalized spacial score (nSPS) is 13.0. The van der Waals surface area contributed by atoms with Gasteiger partial charge in [-0.05, 0) is 37.3 Å². The van der Waals surface area contributed by atoms with E-state index in [-0.39, 0.29) is 22.8 Å². The predicted molar refractivity (Wildman–Crippen MR) is 126 cm³/mol. The van der Waals surface area contributed by atoms with Gasteiger partial charge in [-0.1, -0.05) is 24.6 Å². The van der Waals surface area contributed by atoms with Gasteiger partial charge in [0.05, 0.1) is 4.90 Å². The molecule has 3 aromatic heterocycles. The minimum Gasteiger partial charge on any atom is -0.347 e. The van der Waals surface area contributed by atoms with E-state index in [4.69, 9.17) is 0 Å². The summed E-state index contributed by atoms with van der Waals surface area (Å²) in [7, 11) is -3.90. The second kappa shape index (κ2) is 9.69. The number of nitrogens with one attached hydrogen (secondary N) is 1. The zero-order valence-electron chi connectivity index (χ0n) is 19.3. The molecule has 0 bridgehead atoms. The molecule has 0 fully saturated rings. The molecule has 0 aliphatic rings. The number of fused-ring (bicyclic) bond motifs is 1. The number of carbonyl (C=O) groups excluding carboxylic acids is 1. The van der Waals surface area contributed by atoms with Crippen molar-refractivity contribution in [2.24, 2.45) is 5.92 Å². The van der Waals surface area contributed by atoms with Gasteiger partial charge in [0.2, 0.25) is 5.91 Å². The van der Waals surface area contributed by atoms with Gasteiger partial charge in [0.25, 0.3) is 10.0 Å². The maximum absolute atomic E-state index is 13.2. The Bertz CT molecular complexity index is 1520. The summed E-state index contributed by atoms with van der Waals surface area (Å²) in [6.45, 7) is 1.97. The van der Waals surface area contributed by atoms with Crippen molar-refractivity contribution in [1.82, 2.24) is 24.2 Å². The van der Waals surface area contributed by atoms with Gasteiger partial charge in [0.1, 0.15) is 6.54 Å². The molecule has 1 amide bonds. The van der Waals surface area contributed by atoms with E-state index in [1.165, 1.54) is 37.6 Å². The van der Waals surface area contributed by atoms with Gasteiger partial charge >= 0.3 is 6.18 Å². The van der Waals surface area contributed by atoms with E-state index < -0.39 is 34.6 Å². The van der Waals surface area contributed by atoms with Crippen molar-refractivity contribution in [2.45, 2.75) is 31.3 Å². The molecule has 188 valence electrons. The zero-order valence-corrected chi connectivity index (χ0v) is 20.1. The molecule has 0 radical (unpaired) electrons. The van der Waals surface area contributed by atoms with Gasteiger partial charge < -0.3 is 5.32 Å². The molecule has 1 atom stereocenters. The van der Waals surface area contributed by atoms with Crippen LogP contribution in [0.2, 0.25) is 0 Å². The highest BCUT2D eigenvalue weighted by Gasteiger charge is 2.29. The fourth-order valence-corrected chi connectivity index (χ4v) is 4.94. The predicted octanol–water partition coefficient (Wildman–Crippen LogP) is 3.90. The maximum atomic E-state index is 13.2. The number of benzene rings is 1. The number of halogens is 3. The molecule has 3 heterocycles. The summed E-state index contributed by atoms with van der Waals surface area (Å²) in [6.07, 6.45) is -0.0660. The summed E-state index contributed by atoms with van der Waals surface area (Å²) in [6, 6.07) is 11.3. The molecule has 0 aliphatic heterocycles. The van der Waals surface area contributed by atoms with Crippen LogP contribution in [0.25, 0.3) is 22.4 Å². The van der Waals surface area contributed by atoms with E-state index in [0.29, 0.717) is 16.6 Å². The molecule has 1 N–H and O–H groups in total. The fourth-order valence-electron chi connectivity index (χ4n) is 3.64. The first kappa shape index (κ1) is 25.3. The maximum Gasteiger partial charge on any atom is 0.405 e. The summed E-state index contributed by atoms with van der Waals surface area (Å²) < 4.78 is 64.7. The lowest BCUT2D eigenvalue weighted by molar-refractivity contribution is -0.140. The minimum absolute atomic E-state index is 0.0935. The lowest BCUT2D eigenvalue weighted by Gasteiger charge is -2.13. The number of amides is 1. The smallest absolute Gasteiger partial charge is 0.347 e. The average Bonchev–Trinajstić information content (AvgIpc) is 3.28. The highest BCUT2D eigenvalue weighted by atomic mass is 32.2. The Hall–Kier alpha value is -3.80. The van der Waals surface area contributed by atoms with Gasteiger partial charge in [0.15, 0.2) is 11.5 Å². The van der Waals surface area contributed by atoms with Crippen LogP contribution in [0.15, 0.2) is 66.0 Å². The number of rotatable bonds is 7. The van der Waals surface area contributed by atoms with Crippen molar-refractivity contribution in [2.75, 3.05) is 6.54 Å². The molecule has 1 aromatic carbocycles. The number of hydrogen-bond donors (Lipinski definition) is 1. The van der Waals surface area contributed by atoms with Gasteiger partial charge in [-0.15, -0.1) is 0 Å². The number of alkyl halides is 3. The lowest BCUT2D eigenvalue weighted by Crippen LogP contribution is -2.37. The molecule has 8 nitrogen and oxygen atoms in total. The van der Waals surface area contributed by atoms with Crippen molar-refractivity contribution >= 4 is 27.0 Å². The molecular weight excluding hydrogens is 495 g/mol. The molecule has 0 saturated heterocycles. The first-order valence-electron chi connectivity index (χ1n) is 10.9. The molecule has 0 saturated carbocycles. The number of aromatic nitrogens is 4. The summed E-state index contributed by atoms with van der Waals surface area (Å²) >= 11 is 0. The van der Waals surface area contributed by atoms with E-state index in [0.717, 1.165) is 9.54 Å². The largest absolute Gasteiger partial charge is 0.405 e. The topological polar surface area (TPSA) is 107 Å². The molecule has 0 spiro atoms. The summed E-state index contributed by atoms with van der Waals surface area (Å²) in [4.78, 5) is 25.1. The Morgan fingerprint density at radius 3 is 2.44 bits per heavy atom. The van der Waals surface area contributed by atoms with Crippen LogP contribution in [-0.4, -0.2) is 46.0 Å². The number of aryl methyl sites for hydroxylation is 1. The molecule has 0 unspecified atom stereocenters. The molecule has 4 aromatic rings. The summed E-state index contributed by atoms with van der Waals surface area (Å²) in [5.41, 5.74) is 2.10. The molecular formula is C24H22F3N5O3S. The highest BCUT2D eigenvalue weighted by molar-refractivity contribution is 7.90. The molecule has 4 rings (SSSR count). The van der Waals surface area contributed by atoms with Crippen LogP contribution in [0.1, 0.15) is 18.2 Å². The number of pyridine rings is 1. The minimum atomic E-state index is -4.49. The second-order valence-electron chi connectivity index (χ2n) is 8.34. The Morgan fingerprint density at radius 2 is 1.75 bits per heavy atom. The second-order valence-corrected chi connectivity index (χ2v) is 10.2. The third-order valence-electron chi connectivity index (χ3n) is 5.51. The summed E-state index contributed by atoms with van der Waals surface area (Å²) in [5.74, 6) is -1.22. The van der Waals surface area contributed by atoms with E-state index in [2.05, 4.69) is 15.0 Å². The zero-order chi connectivity index (χ0) is 26.1. The number of nitrogens with zero attached hydrogens (tertiary/aromatic N) is 4. The van der Waals surface area contributed by atoms with Gasteiger partial charge in [-0.2, -0.15) is 13.2 Å². The van der Waals surface area contributed by atoms with Crippen molar-refractivity contribution in [1.29, 1.82) is 0 Å². The average molecular weight is 518 g/mol. The van der Waals surface area contributed by atoms with Crippen LogP contribution in [0.4, 0.5) is 13.2 Å². The van der Waals surface area contributed by atoms with E-state index in [1.807, 2.05) is 12.2 Å². The van der Waals surface area contributed by atoms with Crippen LogP contribution >= 0.6 is 0 Å². The Labute approximate surface area is 205 Å². The number of hydrogen-bond acceptors (Lipinski definition) is 6. The van der Waals surface area contributed by atoms with Crippen LogP contribution in [-0.2, 0) is 21.2 Å².